The highest BCUT2D eigenvalue weighted by molar-refractivity contribution is 5.33. The number of nitrogens with zero attached hydrogens (tertiary/aromatic N) is 3. The minimum Gasteiger partial charge on any atom is -0.417 e. The molecule has 0 atom stereocenters. The molecule has 0 aliphatic heterocycles. The second-order valence-corrected chi connectivity index (χ2v) is 4.87. The summed E-state index contributed by atoms with van der Waals surface area (Å²) in [7, 11) is 1.88. The fourth-order valence-corrected chi connectivity index (χ4v) is 1.71. The van der Waals surface area contributed by atoms with E-state index in [1.54, 1.807) is 10.9 Å². The van der Waals surface area contributed by atoms with Gasteiger partial charge in [0.2, 0.25) is 0 Å². The van der Waals surface area contributed by atoms with Gasteiger partial charge in [0.1, 0.15) is 12.0 Å². The number of hydrogen-bond donors (Lipinski definition) is 1. The predicted octanol–water partition coefficient (Wildman–Crippen LogP) is 2.32. The monoisotopic (exact) mass is 264 g/mol. The van der Waals surface area contributed by atoms with E-state index in [1.165, 1.54) is 0 Å². The molecule has 0 saturated carbocycles. The van der Waals surface area contributed by atoms with Crippen LogP contribution in [0.25, 0.3) is 0 Å². The van der Waals surface area contributed by atoms with E-state index < -0.39 is 0 Å². The fourth-order valence-electron chi connectivity index (χ4n) is 1.71. The Labute approximate surface area is 112 Å². The van der Waals surface area contributed by atoms with Crippen molar-refractivity contribution in [3.8, 4) is 11.8 Å². The number of aryl methyl sites for hydroxylation is 2. The third kappa shape index (κ3) is 3.14. The summed E-state index contributed by atoms with van der Waals surface area (Å²) in [4.78, 5) is 4.28. The number of ether oxygens (including phenoxy) is 1. The number of hydrogen-bond acceptors (Lipinski definition) is 5. The molecule has 0 aliphatic carbocycles. The predicted molar refractivity (Wildman–Crippen MR) is 71.2 cm³/mol. The SMILES string of the molecule is Cc1nn(C)c(C)c1Oc1nc(CNC(C)C)co1. The van der Waals surface area contributed by atoms with Gasteiger partial charge in [0.15, 0.2) is 5.75 Å². The van der Waals surface area contributed by atoms with Crippen LogP contribution >= 0.6 is 0 Å². The van der Waals surface area contributed by atoms with E-state index >= 15 is 0 Å². The highest BCUT2D eigenvalue weighted by Gasteiger charge is 2.14. The van der Waals surface area contributed by atoms with E-state index in [2.05, 4.69) is 29.2 Å². The molecule has 0 saturated heterocycles. The molecule has 2 aromatic rings. The highest BCUT2D eigenvalue weighted by atomic mass is 16.6. The van der Waals surface area contributed by atoms with Gasteiger partial charge >= 0.3 is 6.08 Å². The maximum absolute atomic E-state index is 5.66. The van der Waals surface area contributed by atoms with Gasteiger partial charge in [0.05, 0.1) is 11.4 Å². The minimum atomic E-state index is 0.250. The first-order chi connectivity index (χ1) is 8.97. The van der Waals surface area contributed by atoms with Gasteiger partial charge in [0, 0.05) is 19.6 Å². The van der Waals surface area contributed by atoms with Crippen molar-refractivity contribution >= 4 is 0 Å². The maximum Gasteiger partial charge on any atom is 0.399 e. The standard InChI is InChI=1S/C13H20N4O2/c1-8(2)14-6-11-7-18-13(15-11)19-12-9(3)16-17(5)10(12)4/h7-8,14H,6H2,1-5H3. The average Bonchev–Trinajstić information content (AvgIpc) is 2.88. The Hall–Kier alpha value is -1.82. The van der Waals surface area contributed by atoms with Gasteiger partial charge in [-0.3, -0.25) is 4.68 Å². The van der Waals surface area contributed by atoms with Gasteiger partial charge < -0.3 is 14.5 Å². The molecular formula is C13H20N4O2. The van der Waals surface area contributed by atoms with Crippen molar-refractivity contribution in [1.29, 1.82) is 0 Å². The number of oxazole rings is 1. The van der Waals surface area contributed by atoms with Crippen molar-refractivity contribution < 1.29 is 9.15 Å². The fraction of sp³-hybridized carbons (Fsp3) is 0.538. The van der Waals surface area contributed by atoms with Crippen molar-refractivity contribution in [3.05, 3.63) is 23.3 Å². The molecule has 6 nitrogen and oxygen atoms in total. The van der Waals surface area contributed by atoms with Gasteiger partial charge in [0.25, 0.3) is 0 Å². The summed E-state index contributed by atoms with van der Waals surface area (Å²) < 4.78 is 12.7. The van der Waals surface area contributed by atoms with Gasteiger partial charge in [-0.2, -0.15) is 10.1 Å². The van der Waals surface area contributed by atoms with E-state index in [0.717, 1.165) is 17.1 Å². The molecule has 1 N–H and O–H groups in total. The molecule has 0 unspecified atom stereocenters. The van der Waals surface area contributed by atoms with Crippen molar-refractivity contribution in [1.82, 2.24) is 20.1 Å². The summed E-state index contributed by atoms with van der Waals surface area (Å²) in [6, 6.07) is 0.406. The Balaban J connectivity index is 2.07. The number of rotatable bonds is 5. The second-order valence-electron chi connectivity index (χ2n) is 4.87. The van der Waals surface area contributed by atoms with Gasteiger partial charge in [-0.25, -0.2) is 0 Å². The van der Waals surface area contributed by atoms with Gasteiger partial charge in [-0.05, 0) is 13.8 Å². The van der Waals surface area contributed by atoms with Crippen LogP contribution in [0.15, 0.2) is 10.7 Å². The molecule has 0 radical (unpaired) electrons. The summed E-state index contributed by atoms with van der Waals surface area (Å²) in [6.45, 7) is 8.67. The first-order valence-electron chi connectivity index (χ1n) is 6.33. The van der Waals surface area contributed by atoms with Crippen LogP contribution in [0.3, 0.4) is 0 Å². The zero-order valence-electron chi connectivity index (χ0n) is 12.0. The molecule has 2 aromatic heterocycles. The summed E-state index contributed by atoms with van der Waals surface area (Å²) in [5.41, 5.74) is 2.58. The smallest absolute Gasteiger partial charge is 0.399 e. The summed E-state index contributed by atoms with van der Waals surface area (Å²) >= 11 is 0. The first-order valence-corrected chi connectivity index (χ1v) is 6.33. The number of nitrogens with one attached hydrogen (secondary N) is 1. The topological polar surface area (TPSA) is 65.1 Å². The van der Waals surface area contributed by atoms with Crippen LogP contribution in [0, 0.1) is 13.8 Å². The second kappa shape index (κ2) is 5.44. The Morgan fingerprint density at radius 3 is 2.74 bits per heavy atom. The van der Waals surface area contributed by atoms with Gasteiger partial charge in [-0.15, -0.1) is 0 Å². The molecule has 0 aromatic carbocycles. The molecule has 0 bridgehead atoms. The molecule has 0 amide bonds. The third-order valence-corrected chi connectivity index (χ3v) is 2.85. The lowest BCUT2D eigenvalue weighted by molar-refractivity contribution is 0.327. The maximum atomic E-state index is 5.66. The minimum absolute atomic E-state index is 0.250. The Bertz CT molecular complexity index is 557. The molecule has 6 heteroatoms. The van der Waals surface area contributed by atoms with Crippen LogP contribution in [0.1, 0.15) is 30.9 Å². The van der Waals surface area contributed by atoms with Crippen molar-refractivity contribution in [2.45, 2.75) is 40.3 Å². The third-order valence-electron chi connectivity index (χ3n) is 2.85. The lowest BCUT2D eigenvalue weighted by Crippen LogP contribution is -2.21. The summed E-state index contributed by atoms with van der Waals surface area (Å²) in [5.74, 6) is 0.702. The van der Waals surface area contributed by atoms with E-state index in [9.17, 15) is 0 Å². The first kappa shape index (κ1) is 13.6. The van der Waals surface area contributed by atoms with Crippen LogP contribution in [-0.4, -0.2) is 20.8 Å². The zero-order valence-corrected chi connectivity index (χ0v) is 12.0. The largest absolute Gasteiger partial charge is 0.417 e. The molecule has 19 heavy (non-hydrogen) atoms. The summed E-state index contributed by atoms with van der Waals surface area (Å²) in [5, 5.41) is 7.55. The molecule has 2 heterocycles. The number of aromatic nitrogens is 3. The van der Waals surface area contributed by atoms with E-state index in [1.807, 2.05) is 20.9 Å². The highest BCUT2D eigenvalue weighted by Crippen LogP contribution is 2.27. The molecule has 104 valence electrons. The lowest BCUT2D eigenvalue weighted by atomic mass is 10.3. The Kier molecular flexibility index (Phi) is 3.90. The van der Waals surface area contributed by atoms with E-state index in [4.69, 9.17) is 9.15 Å². The van der Waals surface area contributed by atoms with Crippen molar-refractivity contribution in [2.75, 3.05) is 0 Å². The molecular weight excluding hydrogens is 244 g/mol. The van der Waals surface area contributed by atoms with E-state index in [0.29, 0.717) is 18.3 Å². The normalized spacial score (nSPS) is 11.3. The van der Waals surface area contributed by atoms with Crippen LogP contribution in [0.2, 0.25) is 0 Å². The average molecular weight is 264 g/mol. The van der Waals surface area contributed by atoms with Crippen molar-refractivity contribution in [3.63, 3.8) is 0 Å². The van der Waals surface area contributed by atoms with Crippen LogP contribution < -0.4 is 10.1 Å². The molecule has 0 aliphatic rings. The zero-order chi connectivity index (χ0) is 14.0. The Morgan fingerprint density at radius 1 is 1.42 bits per heavy atom. The van der Waals surface area contributed by atoms with Crippen molar-refractivity contribution in [2.24, 2.45) is 7.05 Å². The summed E-state index contributed by atoms with van der Waals surface area (Å²) in [6.07, 6.45) is 1.85. The molecule has 2 rings (SSSR count). The molecule has 0 fully saturated rings. The van der Waals surface area contributed by atoms with Gasteiger partial charge in [-0.1, -0.05) is 13.8 Å². The quantitative estimate of drug-likeness (QED) is 0.897. The Morgan fingerprint density at radius 2 is 2.16 bits per heavy atom. The van der Waals surface area contributed by atoms with Crippen LogP contribution in [0.5, 0.6) is 11.8 Å². The van der Waals surface area contributed by atoms with Crippen LogP contribution in [-0.2, 0) is 13.6 Å². The lowest BCUT2D eigenvalue weighted by Gasteiger charge is -2.04. The molecule has 0 spiro atoms. The van der Waals surface area contributed by atoms with Crippen LogP contribution in [0.4, 0.5) is 0 Å². The van der Waals surface area contributed by atoms with E-state index in [-0.39, 0.29) is 6.08 Å².